The molecule has 4 nitrogen and oxygen atoms in total. The third-order valence-corrected chi connectivity index (χ3v) is 5.62. The summed E-state index contributed by atoms with van der Waals surface area (Å²) < 4.78 is 5.58. The number of amides is 1. The first kappa shape index (κ1) is 20.5. The Morgan fingerprint density at radius 2 is 1.96 bits per heavy atom. The van der Waals surface area contributed by atoms with Crippen molar-refractivity contribution in [2.45, 2.75) is 71.8 Å². The van der Waals surface area contributed by atoms with Crippen molar-refractivity contribution in [3.05, 3.63) is 52.2 Å². The molecule has 4 heteroatoms. The van der Waals surface area contributed by atoms with Crippen molar-refractivity contribution in [1.29, 1.82) is 0 Å². The number of rotatable bonds is 2. The number of allylic oxidation sites excluding steroid dienone is 2. The number of fused-ring (bicyclic) bond motifs is 1. The summed E-state index contributed by atoms with van der Waals surface area (Å²) in [7, 11) is 0. The van der Waals surface area contributed by atoms with Crippen molar-refractivity contribution in [2.24, 2.45) is 5.73 Å². The predicted molar refractivity (Wildman–Crippen MR) is 115 cm³/mol. The molecular weight excluding hydrogens is 348 g/mol. The molecule has 152 valence electrons. The number of hydrogen-bond donors (Lipinski definition) is 1. The molecule has 0 spiro atoms. The van der Waals surface area contributed by atoms with Gasteiger partial charge in [0.1, 0.15) is 5.60 Å². The summed E-state index contributed by atoms with van der Waals surface area (Å²) in [6.07, 6.45) is 5.94. The number of nitrogens with two attached hydrogens (primary N) is 1. The van der Waals surface area contributed by atoms with Gasteiger partial charge in [-0.25, -0.2) is 4.79 Å². The molecule has 0 fully saturated rings. The maximum absolute atomic E-state index is 12.5. The fourth-order valence-electron chi connectivity index (χ4n) is 4.05. The van der Waals surface area contributed by atoms with E-state index in [-0.39, 0.29) is 12.0 Å². The van der Waals surface area contributed by atoms with Crippen LogP contribution in [0.5, 0.6) is 0 Å². The fraction of sp³-hybridized carbons (Fsp3) is 0.542. The minimum Gasteiger partial charge on any atom is -0.444 e. The second-order valence-electron chi connectivity index (χ2n) is 9.34. The Hall–Kier alpha value is -2.23. The van der Waals surface area contributed by atoms with Gasteiger partial charge in [0, 0.05) is 24.7 Å². The summed E-state index contributed by atoms with van der Waals surface area (Å²) in [6.45, 7) is 13.7. The molecule has 0 bridgehead atoms. The molecule has 28 heavy (non-hydrogen) atoms. The number of carbonyl (C=O) groups excluding carboxylic acids is 1. The van der Waals surface area contributed by atoms with Gasteiger partial charge in [-0.05, 0) is 67.4 Å². The molecule has 2 N–H and O–H groups in total. The number of hydrogen-bond acceptors (Lipinski definition) is 3. The molecule has 0 saturated carbocycles. The zero-order valence-electron chi connectivity index (χ0n) is 18.1. The van der Waals surface area contributed by atoms with Crippen molar-refractivity contribution in [3.63, 3.8) is 0 Å². The summed E-state index contributed by atoms with van der Waals surface area (Å²) in [5.74, 6) is 0.673. The molecule has 1 atom stereocenters. The highest BCUT2D eigenvalue weighted by Gasteiger charge is 2.27. The van der Waals surface area contributed by atoms with Crippen molar-refractivity contribution >= 4 is 11.7 Å². The molecule has 1 aromatic rings. The van der Waals surface area contributed by atoms with Crippen LogP contribution in [0.3, 0.4) is 0 Å². The average Bonchev–Trinajstić information content (AvgIpc) is 2.62. The lowest BCUT2D eigenvalue weighted by molar-refractivity contribution is 0.0273. The van der Waals surface area contributed by atoms with Crippen LogP contribution in [0.15, 0.2) is 30.0 Å². The average molecular weight is 383 g/mol. The third-order valence-electron chi connectivity index (χ3n) is 5.62. The van der Waals surface area contributed by atoms with E-state index in [1.54, 1.807) is 0 Å². The largest absolute Gasteiger partial charge is 0.444 e. The summed E-state index contributed by atoms with van der Waals surface area (Å²) in [6, 6.07) is 4.60. The summed E-state index contributed by atoms with van der Waals surface area (Å²) in [4.78, 5) is 14.4. The van der Waals surface area contributed by atoms with Gasteiger partial charge in [-0.1, -0.05) is 45.1 Å². The van der Waals surface area contributed by atoms with Crippen LogP contribution in [-0.2, 0) is 11.2 Å². The van der Waals surface area contributed by atoms with Crippen molar-refractivity contribution in [2.75, 3.05) is 13.1 Å². The van der Waals surface area contributed by atoms with E-state index in [0.29, 0.717) is 19.0 Å². The normalized spacial score (nSPS) is 19.8. The zero-order valence-corrected chi connectivity index (χ0v) is 18.1. The molecule has 2 aliphatic rings. The van der Waals surface area contributed by atoms with Crippen molar-refractivity contribution in [1.82, 2.24) is 4.90 Å². The lowest BCUT2D eigenvalue weighted by Crippen LogP contribution is -2.39. The number of carbonyl (C=O) groups is 1. The lowest BCUT2D eigenvalue weighted by Gasteiger charge is -2.32. The van der Waals surface area contributed by atoms with Gasteiger partial charge in [0.15, 0.2) is 0 Å². The van der Waals surface area contributed by atoms with Crippen LogP contribution < -0.4 is 5.73 Å². The Balaban J connectivity index is 1.93. The minimum absolute atomic E-state index is 0.229. The second kappa shape index (κ2) is 7.65. The molecule has 1 unspecified atom stereocenters. The topological polar surface area (TPSA) is 55.6 Å². The Morgan fingerprint density at radius 3 is 2.61 bits per heavy atom. The zero-order chi connectivity index (χ0) is 20.6. The Kier molecular flexibility index (Phi) is 5.60. The molecular formula is C24H34N2O2. The molecule has 0 aromatic heterocycles. The highest BCUT2D eigenvalue weighted by molar-refractivity contribution is 5.76. The van der Waals surface area contributed by atoms with E-state index >= 15 is 0 Å². The van der Waals surface area contributed by atoms with Crippen LogP contribution in [0.1, 0.15) is 82.1 Å². The lowest BCUT2D eigenvalue weighted by atomic mass is 9.79. The molecule has 0 radical (unpaired) electrons. The van der Waals surface area contributed by atoms with Crippen molar-refractivity contribution < 1.29 is 9.53 Å². The Morgan fingerprint density at radius 1 is 1.25 bits per heavy atom. The molecule has 1 amide bonds. The Bertz CT molecular complexity index is 828. The van der Waals surface area contributed by atoms with Crippen LogP contribution in [-0.4, -0.2) is 29.7 Å². The minimum atomic E-state index is -0.478. The van der Waals surface area contributed by atoms with Gasteiger partial charge in [-0.15, -0.1) is 0 Å². The van der Waals surface area contributed by atoms with Gasteiger partial charge in [-0.3, -0.25) is 0 Å². The van der Waals surface area contributed by atoms with Gasteiger partial charge in [0.05, 0.1) is 0 Å². The molecule has 1 aliphatic heterocycles. The van der Waals surface area contributed by atoms with Gasteiger partial charge in [0.25, 0.3) is 0 Å². The summed E-state index contributed by atoms with van der Waals surface area (Å²) >= 11 is 0. The van der Waals surface area contributed by atoms with Gasteiger partial charge in [0.2, 0.25) is 0 Å². The molecule has 3 rings (SSSR count). The van der Waals surface area contributed by atoms with Crippen LogP contribution in [0.25, 0.3) is 5.57 Å². The van der Waals surface area contributed by atoms with E-state index in [1.165, 1.54) is 27.8 Å². The van der Waals surface area contributed by atoms with Crippen LogP contribution >= 0.6 is 0 Å². The first-order valence-corrected chi connectivity index (χ1v) is 10.4. The van der Waals surface area contributed by atoms with Gasteiger partial charge >= 0.3 is 6.09 Å². The Labute approximate surface area is 169 Å². The van der Waals surface area contributed by atoms with Crippen LogP contribution in [0.2, 0.25) is 0 Å². The van der Waals surface area contributed by atoms with Crippen molar-refractivity contribution in [3.8, 4) is 0 Å². The number of benzene rings is 1. The van der Waals surface area contributed by atoms with E-state index in [0.717, 1.165) is 18.5 Å². The summed E-state index contributed by atoms with van der Waals surface area (Å²) in [5, 5.41) is 0. The fourth-order valence-corrected chi connectivity index (χ4v) is 4.05. The van der Waals surface area contributed by atoms with E-state index in [4.69, 9.17) is 10.5 Å². The highest BCUT2D eigenvalue weighted by Crippen LogP contribution is 2.37. The predicted octanol–water partition coefficient (Wildman–Crippen LogP) is 5.34. The first-order chi connectivity index (χ1) is 13.1. The maximum atomic E-state index is 12.5. The molecule has 1 heterocycles. The standard InChI is InChI=1S/C24H34N2O2/c1-15(2)20-12-18(13-21-16(3)22(25)10-9-19(20)21)17-8-7-11-26(14-17)23(27)28-24(4,5)6/h8,10,12-13,15-16H,7,9,11,14,25H2,1-6H3. The molecule has 1 aromatic carbocycles. The van der Waals surface area contributed by atoms with E-state index in [9.17, 15) is 4.79 Å². The third kappa shape index (κ3) is 4.26. The van der Waals surface area contributed by atoms with Gasteiger partial charge < -0.3 is 15.4 Å². The molecule has 1 aliphatic carbocycles. The SMILES string of the molecule is CC(C)c1cc(C2=CCCN(C(=O)OC(C)(C)C)C2)cc2c1CC=C(N)C2C. The summed E-state index contributed by atoms with van der Waals surface area (Å²) in [5.41, 5.74) is 13.3. The van der Waals surface area contributed by atoms with Gasteiger partial charge in [-0.2, -0.15) is 0 Å². The van der Waals surface area contributed by atoms with E-state index < -0.39 is 5.60 Å². The number of nitrogens with zero attached hydrogens (tertiary/aromatic N) is 1. The van der Waals surface area contributed by atoms with Crippen LogP contribution in [0.4, 0.5) is 4.79 Å². The molecule has 0 saturated heterocycles. The number of ether oxygens (including phenoxy) is 1. The van der Waals surface area contributed by atoms with E-state index in [1.807, 2.05) is 25.7 Å². The van der Waals surface area contributed by atoms with Crippen LogP contribution in [0, 0.1) is 0 Å². The highest BCUT2D eigenvalue weighted by atomic mass is 16.6. The second-order valence-corrected chi connectivity index (χ2v) is 9.34. The first-order valence-electron chi connectivity index (χ1n) is 10.4. The monoisotopic (exact) mass is 382 g/mol. The maximum Gasteiger partial charge on any atom is 0.410 e. The quantitative estimate of drug-likeness (QED) is 0.751. The smallest absolute Gasteiger partial charge is 0.410 e. The van der Waals surface area contributed by atoms with E-state index in [2.05, 4.69) is 45.1 Å².